The number of morpholine rings is 1. The Hall–Kier alpha value is -1.19. The molecule has 2 heterocycles. The molecule has 24 heavy (non-hydrogen) atoms. The molecule has 0 aliphatic carbocycles. The molecule has 2 fully saturated rings. The largest absolute Gasteiger partial charge is 0.379 e. The minimum atomic E-state index is -3.05. The number of ether oxygens (including phenoxy) is 1. The van der Waals surface area contributed by atoms with Gasteiger partial charge in [-0.15, -0.1) is 0 Å². The number of nitrogens with one attached hydrogen (secondary N) is 1. The third kappa shape index (κ3) is 6.03. The molecule has 0 aromatic carbocycles. The smallest absolute Gasteiger partial charge is 0.221 e. The molecule has 0 aromatic heterocycles. The number of rotatable bonds is 7. The summed E-state index contributed by atoms with van der Waals surface area (Å²) in [5, 5.41) is 2.85. The van der Waals surface area contributed by atoms with Crippen molar-refractivity contribution >= 4 is 21.7 Å². The van der Waals surface area contributed by atoms with Crippen LogP contribution < -0.4 is 5.32 Å². The van der Waals surface area contributed by atoms with E-state index in [-0.39, 0.29) is 42.3 Å². The van der Waals surface area contributed by atoms with Crippen LogP contribution in [0.25, 0.3) is 0 Å². The van der Waals surface area contributed by atoms with Crippen molar-refractivity contribution in [3.05, 3.63) is 0 Å². The van der Waals surface area contributed by atoms with Crippen LogP contribution in [0.1, 0.15) is 19.8 Å². The van der Waals surface area contributed by atoms with E-state index in [9.17, 15) is 18.0 Å². The van der Waals surface area contributed by atoms with Crippen LogP contribution >= 0.6 is 0 Å². The zero-order valence-electron chi connectivity index (χ0n) is 14.2. The summed E-state index contributed by atoms with van der Waals surface area (Å²) in [4.78, 5) is 27.5. The Morgan fingerprint density at radius 2 is 2.00 bits per heavy atom. The van der Waals surface area contributed by atoms with Crippen molar-refractivity contribution in [2.45, 2.75) is 25.8 Å². The number of carbonyl (C=O) groups is 2. The van der Waals surface area contributed by atoms with Crippen molar-refractivity contribution in [3.8, 4) is 0 Å². The van der Waals surface area contributed by atoms with Gasteiger partial charge in [-0.3, -0.25) is 14.5 Å². The van der Waals surface area contributed by atoms with Gasteiger partial charge in [0, 0.05) is 52.1 Å². The highest BCUT2D eigenvalue weighted by Crippen LogP contribution is 2.18. The summed E-state index contributed by atoms with van der Waals surface area (Å²) >= 11 is 0. The van der Waals surface area contributed by atoms with Gasteiger partial charge in [0.1, 0.15) is 0 Å². The molecule has 2 aliphatic heterocycles. The predicted molar refractivity (Wildman–Crippen MR) is 89.3 cm³/mol. The SMILES string of the molecule is CC(=O)N(CCC(=O)NCCN1CCOCC1)C1CCS(=O)(=O)C1. The van der Waals surface area contributed by atoms with Crippen LogP contribution in [0.15, 0.2) is 0 Å². The van der Waals surface area contributed by atoms with E-state index in [0.717, 1.165) is 32.8 Å². The molecule has 1 unspecified atom stereocenters. The monoisotopic (exact) mass is 361 g/mol. The zero-order valence-corrected chi connectivity index (χ0v) is 15.0. The molecule has 9 heteroatoms. The van der Waals surface area contributed by atoms with Crippen molar-refractivity contribution in [3.63, 3.8) is 0 Å². The Morgan fingerprint density at radius 1 is 1.29 bits per heavy atom. The first kappa shape index (κ1) is 19.1. The normalized spacial score (nSPS) is 23.8. The molecule has 8 nitrogen and oxygen atoms in total. The number of hydrogen-bond acceptors (Lipinski definition) is 6. The van der Waals surface area contributed by atoms with Crippen molar-refractivity contribution in [1.29, 1.82) is 0 Å². The molecule has 0 aromatic rings. The molecule has 2 aliphatic rings. The van der Waals surface area contributed by atoms with Crippen molar-refractivity contribution in [2.24, 2.45) is 0 Å². The fourth-order valence-electron chi connectivity index (χ4n) is 3.11. The molecule has 0 spiro atoms. The van der Waals surface area contributed by atoms with Crippen LogP contribution in [0.5, 0.6) is 0 Å². The first-order chi connectivity index (χ1) is 11.4. The lowest BCUT2D eigenvalue weighted by molar-refractivity contribution is -0.131. The summed E-state index contributed by atoms with van der Waals surface area (Å²) in [7, 11) is -3.05. The van der Waals surface area contributed by atoms with Crippen molar-refractivity contribution < 1.29 is 22.7 Å². The van der Waals surface area contributed by atoms with Gasteiger partial charge in [-0.1, -0.05) is 0 Å². The molecule has 0 saturated carbocycles. The van der Waals surface area contributed by atoms with Crippen LogP contribution in [-0.2, 0) is 24.2 Å². The summed E-state index contributed by atoms with van der Waals surface area (Å²) in [6.45, 7) is 6.25. The van der Waals surface area contributed by atoms with E-state index >= 15 is 0 Å². The quantitative estimate of drug-likeness (QED) is 0.616. The van der Waals surface area contributed by atoms with Gasteiger partial charge in [0.25, 0.3) is 0 Å². The highest BCUT2D eigenvalue weighted by atomic mass is 32.2. The Bertz CT molecular complexity index is 545. The molecular weight excluding hydrogens is 334 g/mol. The van der Waals surface area contributed by atoms with E-state index in [0.29, 0.717) is 13.0 Å². The standard InChI is InChI=1S/C15H27N3O5S/c1-13(19)18(14-3-11-24(21,22)12-14)5-2-15(20)16-4-6-17-7-9-23-10-8-17/h14H,2-12H2,1H3,(H,16,20). The average Bonchev–Trinajstić information content (AvgIpc) is 2.88. The second-order valence-corrected chi connectivity index (χ2v) is 8.55. The van der Waals surface area contributed by atoms with Gasteiger partial charge in [-0.2, -0.15) is 0 Å². The van der Waals surface area contributed by atoms with E-state index in [1.54, 1.807) is 0 Å². The maximum absolute atomic E-state index is 11.9. The van der Waals surface area contributed by atoms with E-state index in [1.807, 2.05) is 0 Å². The minimum Gasteiger partial charge on any atom is -0.379 e. The summed E-state index contributed by atoms with van der Waals surface area (Å²) in [6.07, 6.45) is 0.653. The first-order valence-corrected chi connectivity index (χ1v) is 10.2. The molecule has 138 valence electrons. The van der Waals surface area contributed by atoms with Gasteiger partial charge < -0.3 is 15.0 Å². The maximum atomic E-state index is 11.9. The van der Waals surface area contributed by atoms with Crippen LogP contribution in [0.2, 0.25) is 0 Å². The maximum Gasteiger partial charge on any atom is 0.221 e. The van der Waals surface area contributed by atoms with Gasteiger partial charge in [0.05, 0.1) is 24.7 Å². The van der Waals surface area contributed by atoms with Gasteiger partial charge in [0.2, 0.25) is 11.8 Å². The molecular formula is C15H27N3O5S. The van der Waals surface area contributed by atoms with Crippen molar-refractivity contribution in [1.82, 2.24) is 15.1 Å². The molecule has 1 N–H and O–H groups in total. The number of nitrogens with zero attached hydrogens (tertiary/aromatic N) is 2. The molecule has 0 radical (unpaired) electrons. The van der Waals surface area contributed by atoms with Gasteiger partial charge in [-0.05, 0) is 6.42 Å². The van der Waals surface area contributed by atoms with Crippen LogP contribution in [-0.4, -0.2) is 93.5 Å². The minimum absolute atomic E-state index is 0.00519. The molecule has 0 bridgehead atoms. The number of sulfone groups is 1. The second kappa shape index (κ2) is 8.77. The zero-order chi connectivity index (χ0) is 17.6. The lowest BCUT2D eigenvalue weighted by Crippen LogP contribution is -2.43. The van der Waals surface area contributed by atoms with Crippen LogP contribution in [0.4, 0.5) is 0 Å². The summed E-state index contributed by atoms with van der Waals surface area (Å²) in [5.41, 5.74) is 0. The topological polar surface area (TPSA) is 96.0 Å². The number of carbonyl (C=O) groups excluding carboxylic acids is 2. The molecule has 2 rings (SSSR count). The van der Waals surface area contributed by atoms with Gasteiger partial charge in [0.15, 0.2) is 9.84 Å². The van der Waals surface area contributed by atoms with Gasteiger partial charge in [-0.25, -0.2) is 8.42 Å². The summed E-state index contributed by atoms with van der Waals surface area (Å²) in [5.74, 6) is -0.174. The van der Waals surface area contributed by atoms with E-state index in [4.69, 9.17) is 4.74 Å². The van der Waals surface area contributed by atoms with Crippen LogP contribution in [0, 0.1) is 0 Å². The average molecular weight is 361 g/mol. The third-order valence-electron chi connectivity index (χ3n) is 4.49. The van der Waals surface area contributed by atoms with Gasteiger partial charge >= 0.3 is 0 Å². The Balaban J connectivity index is 1.69. The highest BCUT2D eigenvalue weighted by Gasteiger charge is 2.33. The lowest BCUT2D eigenvalue weighted by Gasteiger charge is -2.27. The molecule has 2 amide bonds. The lowest BCUT2D eigenvalue weighted by atomic mass is 10.2. The fourth-order valence-corrected chi connectivity index (χ4v) is 4.84. The Labute approximate surface area is 143 Å². The van der Waals surface area contributed by atoms with E-state index in [2.05, 4.69) is 10.2 Å². The summed E-state index contributed by atoms with van der Waals surface area (Å²) < 4.78 is 28.4. The number of amides is 2. The predicted octanol–water partition coefficient (Wildman–Crippen LogP) is -1.14. The second-order valence-electron chi connectivity index (χ2n) is 6.32. The fraction of sp³-hybridized carbons (Fsp3) is 0.867. The highest BCUT2D eigenvalue weighted by molar-refractivity contribution is 7.91. The number of hydrogen-bond donors (Lipinski definition) is 1. The van der Waals surface area contributed by atoms with E-state index in [1.165, 1.54) is 11.8 Å². The molecule has 1 atom stereocenters. The van der Waals surface area contributed by atoms with E-state index < -0.39 is 9.84 Å². The van der Waals surface area contributed by atoms with Crippen molar-refractivity contribution in [2.75, 3.05) is 57.4 Å². The molecule has 2 saturated heterocycles. The Kier molecular flexibility index (Phi) is 7.00. The third-order valence-corrected chi connectivity index (χ3v) is 6.24. The summed E-state index contributed by atoms with van der Waals surface area (Å²) in [6, 6.07) is -0.298. The Morgan fingerprint density at radius 3 is 2.58 bits per heavy atom. The van der Waals surface area contributed by atoms with Crippen LogP contribution in [0.3, 0.4) is 0 Å². The first-order valence-electron chi connectivity index (χ1n) is 8.42.